The van der Waals surface area contributed by atoms with Gasteiger partial charge < -0.3 is 5.32 Å². The van der Waals surface area contributed by atoms with Crippen LogP contribution in [0.25, 0.3) is 0 Å². The predicted molar refractivity (Wildman–Crippen MR) is 90.6 cm³/mol. The largest absolute Gasteiger partial charge is 0.312 e. The van der Waals surface area contributed by atoms with Crippen LogP contribution >= 0.6 is 34.9 Å². The van der Waals surface area contributed by atoms with Gasteiger partial charge in [-0.15, -0.1) is 23.1 Å². The van der Waals surface area contributed by atoms with Crippen LogP contribution in [0.3, 0.4) is 0 Å². The van der Waals surface area contributed by atoms with E-state index in [1.54, 1.807) is 0 Å². The van der Waals surface area contributed by atoms with E-state index in [1.807, 2.05) is 11.3 Å². The van der Waals surface area contributed by atoms with Gasteiger partial charge in [-0.2, -0.15) is 11.8 Å². The van der Waals surface area contributed by atoms with Gasteiger partial charge in [-0.05, 0) is 19.9 Å². The molecule has 1 fully saturated rings. The minimum atomic E-state index is 0.597. The van der Waals surface area contributed by atoms with E-state index in [4.69, 9.17) is 4.98 Å². The topological polar surface area (TPSA) is 24.9 Å². The average molecular weight is 317 g/mol. The molecule has 2 nitrogen and oxygen atoms in total. The molecule has 0 aromatic carbocycles. The fraction of sp³-hybridized carbons (Fsp3) is 0.786. The molecular formula is C14H24N2S3. The Kier molecular flexibility index (Phi) is 6.06. The fourth-order valence-corrected chi connectivity index (χ4v) is 6.27. The summed E-state index contributed by atoms with van der Waals surface area (Å²) < 4.78 is 0. The molecule has 0 radical (unpaired) electrons. The molecule has 1 aromatic heterocycles. The number of thioether (sulfide) groups is 2. The normalized spacial score (nSPS) is 27.7. The van der Waals surface area contributed by atoms with Crippen LogP contribution in [0.15, 0.2) is 0 Å². The van der Waals surface area contributed by atoms with E-state index in [1.165, 1.54) is 27.8 Å². The highest BCUT2D eigenvalue weighted by Crippen LogP contribution is 2.45. The average Bonchev–Trinajstić information content (AvgIpc) is 2.75. The molecule has 1 aromatic rings. The zero-order chi connectivity index (χ0) is 13.8. The van der Waals surface area contributed by atoms with Gasteiger partial charge in [0.25, 0.3) is 0 Å². The van der Waals surface area contributed by atoms with E-state index in [0.717, 1.165) is 23.6 Å². The van der Waals surface area contributed by atoms with Crippen LogP contribution < -0.4 is 5.32 Å². The lowest BCUT2D eigenvalue weighted by Crippen LogP contribution is -2.21. The maximum Gasteiger partial charge on any atom is 0.107 e. The van der Waals surface area contributed by atoms with Gasteiger partial charge in [0.15, 0.2) is 0 Å². The van der Waals surface area contributed by atoms with Crippen LogP contribution in [-0.2, 0) is 6.54 Å². The number of thiazole rings is 1. The Labute approximate surface area is 129 Å². The number of hydrogen-bond donors (Lipinski definition) is 1. The number of aromatic nitrogens is 1. The summed E-state index contributed by atoms with van der Waals surface area (Å²) in [6, 6.07) is 0. The third-order valence-corrected chi connectivity index (χ3v) is 8.27. The number of nitrogens with one attached hydrogen (secondary N) is 1. The SMILES string of the molecule is CCCNCc1sc(C2CSC(C)C(C)S2)nc1C. The van der Waals surface area contributed by atoms with Crippen LogP contribution in [0.1, 0.15) is 48.0 Å². The number of aryl methyl sites for hydroxylation is 1. The molecule has 1 N–H and O–H groups in total. The highest BCUT2D eigenvalue weighted by molar-refractivity contribution is 8.07. The van der Waals surface area contributed by atoms with Gasteiger partial charge in [-0.1, -0.05) is 20.8 Å². The van der Waals surface area contributed by atoms with E-state index in [9.17, 15) is 0 Å². The third kappa shape index (κ3) is 4.13. The van der Waals surface area contributed by atoms with E-state index in [2.05, 4.69) is 56.5 Å². The summed E-state index contributed by atoms with van der Waals surface area (Å²) in [6.45, 7) is 11.1. The Balaban J connectivity index is 1.99. The predicted octanol–water partition coefficient (Wildman–Crippen LogP) is 4.25. The Morgan fingerprint density at radius 2 is 2.11 bits per heavy atom. The highest BCUT2D eigenvalue weighted by Gasteiger charge is 2.29. The van der Waals surface area contributed by atoms with Crippen molar-refractivity contribution in [2.75, 3.05) is 12.3 Å². The van der Waals surface area contributed by atoms with Gasteiger partial charge in [0, 0.05) is 27.7 Å². The van der Waals surface area contributed by atoms with Gasteiger partial charge in [-0.25, -0.2) is 4.98 Å². The van der Waals surface area contributed by atoms with Crippen molar-refractivity contribution >= 4 is 34.9 Å². The second kappa shape index (κ2) is 7.34. The van der Waals surface area contributed by atoms with Crippen molar-refractivity contribution in [1.82, 2.24) is 10.3 Å². The van der Waals surface area contributed by atoms with Crippen molar-refractivity contribution in [2.45, 2.75) is 56.4 Å². The van der Waals surface area contributed by atoms with Gasteiger partial charge in [0.2, 0.25) is 0 Å². The minimum Gasteiger partial charge on any atom is -0.312 e. The molecule has 2 rings (SSSR count). The van der Waals surface area contributed by atoms with Crippen LogP contribution in [-0.4, -0.2) is 27.8 Å². The van der Waals surface area contributed by atoms with E-state index in [-0.39, 0.29) is 0 Å². The standard InChI is InChI=1S/C14H24N2S3/c1-5-6-15-7-12-9(2)16-14(19-12)13-8-17-10(3)11(4)18-13/h10-11,13,15H,5-8H2,1-4H3. The monoisotopic (exact) mass is 316 g/mol. The summed E-state index contributed by atoms with van der Waals surface area (Å²) in [5.41, 5.74) is 1.22. The van der Waals surface area contributed by atoms with Crippen molar-refractivity contribution < 1.29 is 0 Å². The third-order valence-electron chi connectivity index (χ3n) is 3.45. The first-order valence-corrected chi connectivity index (χ1v) is 9.86. The van der Waals surface area contributed by atoms with Gasteiger partial charge in [-0.3, -0.25) is 0 Å². The zero-order valence-electron chi connectivity index (χ0n) is 12.2. The molecule has 0 spiro atoms. The lowest BCUT2D eigenvalue weighted by Gasteiger charge is -2.30. The quantitative estimate of drug-likeness (QED) is 0.821. The van der Waals surface area contributed by atoms with E-state index >= 15 is 0 Å². The molecule has 0 bridgehead atoms. The fourth-order valence-electron chi connectivity index (χ4n) is 2.04. The van der Waals surface area contributed by atoms with E-state index < -0.39 is 0 Å². The molecule has 108 valence electrons. The number of rotatable bonds is 5. The molecule has 2 heterocycles. The van der Waals surface area contributed by atoms with Crippen LogP contribution in [0.4, 0.5) is 0 Å². The smallest absolute Gasteiger partial charge is 0.107 e. The van der Waals surface area contributed by atoms with Crippen molar-refractivity contribution in [1.29, 1.82) is 0 Å². The molecule has 0 aliphatic carbocycles. The van der Waals surface area contributed by atoms with Crippen molar-refractivity contribution in [3.8, 4) is 0 Å². The molecule has 0 saturated carbocycles. The Morgan fingerprint density at radius 3 is 2.79 bits per heavy atom. The Bertz CT molecular complexity index is 405. The summed E-state index contributed by atoms with van der Waals surface area (Å²) in [5.74, 6) is 1.21. The van der Waals surface area contributed by atoms with Crippen LogP contribution in [0.5, 0.6) is 0 Å². The van der Waals surface area contributed by atoms with Crippen LogP contribution in [0.2, 0.25) is 0 Å². The summed E-state index contributed by atoms with van der Waals surface area (Å²) in [5, 5.41) is 6.92. The molecule has 3 unspecified atom stereocenters. The molecule has 0 amide bonds. The van der Waals surface area contributed by atoms with Gasteiger partial charge in [0.1, 0.15) is 5.01 Å². The van der Waals surface area contributed by atoms with Crippen molar-refractivity contribution in [3.05, 3.63) is 15.6 Å². The van der Waals surface area contributed by atoms with Gasteiger partial charge >= 0.3 is 0 Å². The van der Waals surface area contributed by atoms with E-state index in [0.29, 0.717) is 5.25 Å². The first-order chi connectivity index (χ1) is 9.11. The lowest BCUT2D eigenvalue weighted by atomic mass is 10.3. The maximum absolute atomic E-state index is 4.82. The summed E-state index contributed by atoms with van der Waals surface area (Å²) in [7, 11) is 0. The second-order valence-corrected chi connectivity index (χ2v) is 9.22. The molecule has 1 aliphatic rings. The summed E-state index contributed by atoms with van der Waals surface area (Å²) in [4.78, 5) is 6.23. The number of nitrogens with zero attached hydrogens (tertiary/aromatic N) is 1. The maximum atomic E-state index is 4.82. The number of hydrogen-bond acceptors (Lipinski definition) is 5. The zero-order valence-corrected chi connectivity index (χ0v) is 14.7. The Morgan fingerprint density at radius 1 is 1.32 bits per heavy atom. The molecular weight excluding hydrogens is 292 g/mol. The first-order valence-electron chi connectivity index (χ1n) is 7.05. The van der Waals surface area contributed by atoms with Gasteiger partial charge in [0.05, 0.1) is 10.9 Å². The molecule has 5 heteroatoms. The molecule has 1 saturated heterocycles. The lowest BCUT2D eigenvalue weighted by molar-refractivity contribution is 0.678. The Hall–Kier alpha value is 0.290. The van der Waals surface area contributed by atoms with Crippen LogP contribution in [0, 0.1) is 6.92 Å². The first kappa shape index (κ1) is 15.7. The molecule has 19 heavy (non-hydrogen) atoms. The summed E-state index contributed by atoms with van der Waals surface area (Å²) in [6.07, 6.45) is 1.19. The highest BCUT2D eigenvalue weighted by atomic mass is 32.2. The van der Waals surface area contributed by atoms with Crippen molar-refractivity contribution in [3.63, 3.8) is 0 Å². The molecule has 3 atom stereocenters. The van der Waals surface area contributed by atoms with Crippen molar-refractivity contribution in [2.24, 2.45) is 0 Å². The summed E-state index contributed by atoms with van der Waals surface area (Å²) >= 11 is 6.11. The minimum absolute atomic E-state index is 0.597. The molecule has 1 aliphatic heterocycles. The second-order valence-electron chi connectivity index (χ2n) is 5.11.